The van der Waals surface area contributed by atoms with Crippen molar-refractivity contribution in [1.29, 1.82) is 0 Å². The highest BCUT2D eigenvalue weighted by atomic mass is 16.2. The molecule has 2 fully saturated rings. The second kappa shape index (κ2) is 4.52. The third-order valence-corrected chi connectivity index (χ3v) is 5.02. The lowest BCUT2D eigenvalue weighted by atomic mass is 10.0. The third-order valence-electron chi connectivity index (χ3n) is 5.02. The average molecular weight is 299 g/mol. The zero-order valence-corrected chi connectivity index (χ0v) is 13.1. The normalized spacial score (nSPS) is 27.0. The van der Waals surface area contributed by atoms with E-state index in [1.165, 1.54) is 0 Å². The van der Waals surface area contributed by atoms with Gasteiger partial charge in [-0.1, -0.05) is 6.07 Å². The molecule has 6 nitrogen and oxygen atoms in total. The fourth-order valence-corrected chi connectivity index (χ4v) is 3.73. The van der Waals surface area contributed by atoms with Crippen LogP contribution >= 0.6 is 0 Å². The molecule has 2 aromatic heterocycles. The number of piperidine rings is 1. The van der Waals surface area contributed by atoms with Gasteiger partial charge < -0.3 is 10.6 Å². The molecule has 1 amide bonds. The number of hydrogen-bond acceptors (Lipinski definition) is 4. The van der Waals surface area contributed by atoms with Crippen molar-refractivity contribution in [1.82, 2.24) is 25.2 Å². The molecule has 0 aromatic carbocycles. The Morgan fingerprint density at radius 3 is 2.82 bits per heavy atom. The number of nitrogens with one attached hydrogen (secondary N) is 2. The Bertz CT molecular complexity index is 740. The van der Waals surface area contributed by atoms with Crippen LogP contribution < -0.4 is 10.6 Å². The van der Waals surface area contributed by atoms with Crippen LogP contribution in [0.5, 0.6) is 0 Å². The third kappa shape index (κ3) is 1.94. The Morgan fingerprint density at radius 1 is 1.36 bits per heavy atom. The van der Waals surface area contributed by atoms with Gasteiger partial charge in [-0.15, -0.1) is 10.2 Å². The van der Waals surface area contributed by atoms with Gasteiger partial charge in [0, 0.05) is 12.1 Å². The lowest BCUT2D eigenvalue weighted by Crippen LogP contribution is -2.44. The Labute approximate surface area is 129 Å². The van der Waals surface area contributed by atoms with E-state index in [0.717, 1.165) is 30.1 Å². The second-order valence-electron chi connectivity index (χ2n) is 7.03. The van der Waals surface area contributed by atoms with Crippen molar-refractivity contribution in [2.75, 3.05) is 13.1 Å². The predicted octanol–water partition coefficient (Wildman–Crippen LogP) is 0.854. The number of pyridine rings is 1. The number of rotatable bonds is 3. The van der Waals surface area contributed by atoms with Gasteiger partial charge in [-0.05, 0) is 57.3 Å². The van der Waals surface area contributed by atoms with Gasteiger partial charge in [-0.2, -0.15) is 0 Å². The highest BCUT2D eigenvalue weighted by Crippen LogP contribution is 2.49. The van der Waals surface area contributed by atoms with Crippen LogP contribution in [0.4, 0.5) is 0 Å². The molecule has 4 rings (SSSR count). The molecule has 2 N–H and O–H groups in total. The van der Waals surface area contributed by atoms with E-state index in [1.807, 2.05) is 43.5 Å². The average Bonchev–Trinajstić information content (AvgIpc) is 2.85. The van der Waals surface area contributed by atoms with Crippen molar-refractivity contribution in [3.63, 3.8) is 0 Å². The lowest BCUT2D eigenvalue weighted by molar-refractivity contribution is -0.124. The summed E-state index contributed by atoms with van der Waals surface area (Å²) in [5, 5.41) is 15.1. The first-order chi connectivity index (χ1) is 10.5. The molecule has 6 heteroatoms. The van der Waals surface area contributed by atoms with Gasteiger partial charge >= 0.3 is 0 Å². The van der Waals surface area contributed by atoms with E-state index in [9.17, 15) is 4.79 Å². The molecule has 0 radical (unpaired) electrons. The first-order valence-corrected chi connectivity index (χ1v) is 7.82. The maximum absolute atomic E-state index is 12.5. The first-order valence-electron chi connectivity index (χ1n) is 7.82. The summed E-state index contributed by atoms with van der Waals surface area (Å²) >= 11 is 0. The second-order valence-corrected chi connectivity index (χ2v) is 7.03. The number of fused-ring (bicyclic) bond motifs is 2. The minimum Gasteiger partial charge on any atom is -0.344 e. The van der Waals surface area contributed by atoms with Gasteiger partial charge in [-0.25, -0.2) is 0 Å². The Balaban J connectivity index is 1.59. The van der Waals surface area contributed by atoms with Gasteiger partial charge in [0.1, 0.15) is 0 Å². The van der Waals surface area contributed by atoms with Gasteiger partial charge in [0.2, 0.25) is 5.91 Å². The molecule has 3 atom stereocenters. The van der Waals surface area contributed by atoms with Gasteiger partial charge in [0.15, 0.2) is 11.5 Å². The molecule has 22 heavy (non-hydrogen) atoms. The number of aromatic nitrogens is 3. The number of aryl methyl sites for hydroxylation is 1. The van der Waals surface area contributed by atoms with Crippen molar-refractivity contribution < 1.29 is 4.79 Å². The molecule has 1 aliphatic heterocycles. The van der Waals surface area contributed by atoms with Crippen LogP contribution in [0.15, 0.2) is 18.3 Å². The highest BCUT2D eigenvalue weighted by molar-refractivity contribution is 5.83. The quantitative estimate of drug-likeness (QED) is 0.881. The Hall–Kier alpha value is -1.95. The van der Waals surface area contributed by atoms with E-state index in [4.69, 9.17) is 0 Å². The molecule has 116 valence electrons. The summed E-state index contributed by atoms with van der Waals surface area (Å²) in [5.74, 6) is 2.12. The van der Waals surface area contributed by atoms with Crippen molar-refractivity contribution >= 4 is 11.6 Å². The smallest absolute Gasteiger partial charge is 0.224 e. The molecule has 1 aliphatic carbocycles. The van der Waals surface area contributed by atoms with Crippen LogP contribution in [0.1, 0.15) is 25.2 Å². The van der Waals surface area contributed by atoms with Crippen molar-refractivity contribution in [2.45, 2.75) is 26.3 Å². The maximum Gasteiger partial charge on any atom is 0.224 e. The molecule has 1 saturated carbocycles. The van der Waals surface area contributed by atoms with Crippen LogP contribution in [0.2, 0.25) is 0 Å². The predicted molar refractivity (Wildman–Crippen MR) is 82.2 cm³/mol. The minimum absolute atomic E-state index is 0.144. The maximum atomic E-state index is 12.5. The molecule has 2 aliphatic rings. The van der Waals surface area contributed by atoms with E-state index in [0.29, 0.717) is 11.8 Å². The molecule has 0 spiro atoms. The van der Waals surface area contributed by atoms with Crippen molar-refractivity contribution in [3.05, 3.63) is 29.7 Å². The number of carbonyl (C=O) groups excluding carboxylic acids is 1. The van der Waals surface area contributed by atoms with E-state index in [-0.39, 0.29) is 11.8 Å². The van der Waals surface area contributed by atoms with Crippen molar-refractivity contribution in [3.8, 4) is 0 Å². The van der Waals surface area contributed by atoms with E-state index >= 15 is 0 Å². The van der Waals surface area contributed by atoms with Crippen molar-refractivity contribution in [2.24, 2.45) is 17.8 Å². The SMILES string of the molecule is Cc1cccn2c(C(C)(C)NC(=O)[C@H]3[C@@H]4CNC[C@@H]43)nnc12. The van der Waals surface area contributed by atoms with Gasteiger partial charge in [0.25, 0.3) is 0 Å². The number of amides is 1. The molecule has 0 unspecified atom stereocenters. The zero-order chi connectivity index (χ0) is 15.5. The first kappa shape index (κ1) is 13.7. The summed E-state index contributed by atoms with van der Waals surface area (Å²) < 4.78 is 1.96. The number of carbonyl (C=O) groups is 1. The Kier molecular flexibility index (Phi) is 2.81. The molecule has 2 aromatic rings. The minimum atomic E-state index is -0.547. The molecule has 0 bridgehead atoms. The molecular weight excluding hydrogens is 278 g/mol. The summed E-state index contributed by atoms with van der Waals surface area (Å²) in [7, 11) is 0. The highest BCUT2D eigenvalue weighted by Gasteiger charge is 2.57. The van der Waals surface area contributed by atoms with E-state index < -0.39 is 5.54 Å². The van der Waals surface area contributed by atoms with Crippen LogP contribution in [0.25, 0.3) is 5.65 Å². The summed E-state index contributed by atoms with van der Waals surface area (Å²) in [4.78, 5) is 12.5. The standard InChI is InChI=1S/C16H21N5O/c1-9-5-4-6-21-13(9)19-20-15(21)16(2,3)18-14(22)12-10-7-17-8-11(10)12/h4-6,10-12,17H,7-8H2,1-3H3,(H,18,22)/t10-,11+,12+. The fourth-order valence-electron chi connectivity index (χ4n) is 3.73. The molecule has 1 saturated heterocycles. The van der Waals surface area contributed by atoms with E-state index in [1.54, 1.807) is 0 Å². The molecule has 3 heterocycles. The van der Waals surface area contributed by atoms with Crippen LogP contribution in [0, 0.1) is 24.7 Å². The Morgan fingerprint density at radius 2 is 2.09 bits per heavy atom. The summed E-state index contributed by atoms with van der Waals surface area (Å²) in [6.45, 7) is 7.92. The lowest BCUT2D eigenvalue weighted by Gasteiger charge is -2.25. The largest absolute Gasteiger partial charge is 0.344 e. The zero-order valence-electron chi connectivity index (χ0n) is 13.1. The fraction of sp³-hybridized carbons (Fsp3) is 0.562. The van der Waals surface area contributed by atoms with Crippen LogP contribution in [-0.2, 0) is 10.3 Å². The van der Waals surface area contributed by atoms with Gasteiger partial charge in [-0.3, -0.25) is 9.20 Å². The monoisotopic (exact) mass is 299 g/mol. The number of hydrogen-bond donors (Lipinski definition) is 2. The number of nitrogens with zero attached hydrogens (tertiary/aromatic N) is 3. The van der Waals surface area contributed by atoms with E-state index in [2.05, 4.69) is 20.8 Å². The summed E-state index contributed by atoms with van der Waals surface area (Å²) in [6.07, 6.45) is 1.95. The topological polar surface area (TPSA) is 71.3 Å². The summed E-state index contributed by atoms with van der Waals surface area (Å²) in [6, 6.07) is 3.99. The summed E-state index contributed by atoms with van der Waals surface area (Å²) in [5.41, 5.74) is 1.37. The van der Waals surface area contributed by atoms with Crippen LogP contribution in [0.3, 0.4) is 0 Å². The molecular formula is C16H21N5O. The van der Waals surface area contributed by atoms with Crippen LogP contribution in [-0.4, -0.2) is 33.6 Å². The van der Waals surface area contributed by atoms with Gasteiger partial charge in [0.05, 0.1) is 5.54 Å².